The number of rotatable bonds is 5. The minimum Gasteiger partial charge on any atom is -0.356 e. The SMILES string of the molecule is CCCNc1nc(C)cn1CC1CCS(=O)(=O)C1. The van der Waals surface area contributed by atoms with E-state index in [4.69, 9.17) is 0 Å². The van der Waals surface area contributed by atoms with E-state index in [0.29, 0.717) is 11.5 Å². The van der Waals surface area contributed by atoms with Gasteiger partial charge in [-0.1, -0.05) is 6.92 Å². The highest BCUT2D eigenvalue weighted by Gasteiger charge is 2.28. The molecule has 1 fully saturated rings. The number of aryl methyl sites for hydroxylation is 1. The summed E-state index contributed by atoms with van der Waals surface area (Å²) >= 11 is 0. The first kappa shape index (κ1) is 13.4. The molecule has 1 aliphatic heterocycles. The average molecular weight is 271 g/mol. The molecule has 1 aromatic heterocycles. The summed E-state index contributed by atoms with van der Waals surface area (Å²) in [6.45, 7) is 5.70. The van der Waals surface area contributed by atoms with E-state index in [1.54, 1.807) is 0 Å². The number of anilines is 1. The average Bonchev–Trinajstić information content (AvgIpc) is 2.79. The molecule has 18 heavy (non-hydrogen) atoms. The maximum Gasteiger partial charge on any atom is 0.203 e. The van der Waals surface area contributed by atoms with Gasteiger partial charge in [0.2, 0.25) is 5.95 Å². The van der Waals surface area contributed by atoms with Crippen LogP contribution in [0, 0.1) is 12.8 Å². The zero-order chi connectivity index (χ0) is 13.2. The summed E-state index contributed by atoms with van der Waals surface area (Å²) in [6.07, 6.45) is 3.80. The van der Waals surface area contributed by atoms with Crippen LogP contribution in [0.25, 0.3) is 0 Å². The smallest absolute Gasteiger partial charge is 0.203 e. The predicted octanol–water partition coefficient (Wildman–Crippen LogP) is 1.45. The highest BCUT2D eigenvalue weighted by atomic mass is 32.2. The molecule has 102 valence electrons. The molecule has 0 saturated carbocycles. The highest BCUT2D eigenvalue weighted by Crippen LogP contribution is 2.22. The first-order chi connectivity index (χ1) is 8.50. The third kappa shape index (κ3) is 3.25. The lowest BCUT2D eigenvalue weighted by Gasteiger charge is -2.12. The summed E-state index contributed by atoms with van der Waals surface area (Å²) in [6, 6.07) is 0. The fourth-order valence-electron chi connectivity index (χ4n) is 2.36. The number of hydrogen-bond acceptors (Lipinski definition) is 4. The van der Waals surface area contributed by atoms with Gasteiger partial charge in [-0.05, 0) is 25.7 Å². The Labute approximate surface area is 109 Å². The van der Waals surface area contributed by atoms with Gasteiger partial charge in [0.15, 0.2) is 9.84 Å². The molecule has 0 aromatic carbocycles. The lowest BCUT2D eigenvalue weighted by atomic mass is 10.1. The van der Waals surface area contributed by atoms with Crippen molar-refractivity contribution in [3.8, 4) is 0 Å². The van der Waals surface area contributed by atoms with Crippen molar-refractivity contribution in [3.05, 3.63) is 11.9 Å². The molecule has 1 aliphatic rings. The molecule has 6 heteroatoms. The van der Waals surface area contributed by atoms with Gasteiger partial charge in [-0.2, -0.15) is 0 Å². The summed E-state index contributed by atoms with van der Waals surface area (Å²) in [7, 11) is -2.79. The van der Waals surface area contributed by atoms with Crippen molar-refractivity contribution in [2.45, 2.75) is 33.2 Å². The van der Waals surface area contributed by atoms with Crippen LogP contribution in [-0.4, -0.2) is 36.0 Å². The Morgan fingerprint density at radius 3 is 2.94 bits per heavy atom. The van der Waals surface area contributed by atoms with E-state index in [-0.39, 0.29) is 5.92 Å². The Balaban J connectivity index is 2.04. The van der Waals surface area contributed by atoms with E-state index >= 15 is 0 Å². The minimum absolute atomic E-state index is 0.228. The van der Waals surface area contributed by atoms with E-state index in [9.17, 15) is 8.42 Å². The number of sulfone groups is 1. The summed E-state index contributed by atoms with van der Waals surface area (Å²) in [5, 5.41) is 3.28. The summed E-state index contributed by atoms with van der Waals surface area (Å²) in [5.41, 5.74) is 0.967. The number of aromatic nitrogens is 2. The van der Waals surface area contributed by atoms with Crippen molar-refractivity contribution >= 4 is 15.8 Å². The molecule has 0 spiro atoms. The van der Waals surface area contributed by atoms with Gasteiger partial charge in [0.25, 0.3) is 0 Å². The van der Waals surface area contributed by atoms with Gasteiger partial charge in [-0.25, -0.2) is 13.4 Å². The number of nitrogens with one attached hydrogen (secondary N) is 1. The summed E-state index contributed by atoms with van der Waals surface area (Å²) in [4.78, 5) is 4.43. The van der Waals surface area contributed by atoms with Crippen LogP contribution >= 0.6 is 0 Å². The lowest BCUT2D eigenvalue weighted by molar-refractivity contribution is 0.493. The Morgan fingerprint density at radius 1 is 1.56 bits per heavy atom. The van der Waals surface area contributed by atoms with Gasteiger partial charge in [0.1, 0.15) is 0 Å². The maximum atomic E-state index is 11.5. The third-order valence-corrected chi connectivity index (χ3v) is 5.05. The van der Waals surface area contributed by atoms with Crippen molar-refractivity contribution < 1.29 is 8.42 Å². The number of imidazole rings is 1. The van der Waals surface area contributed by atoms with Crippen LogP contribution in [0.2, 0.25) is 0 Å². The number of hydrogen-bond donors (Lipinski definition) is 1. The van der Waals surface area contributed by atoms with Crippen molar-refractivity contribution in [2.24, 2.45) is 5.92 Å². The van der Waals surface area contributed by atoms with Gasteiger partial charge in [0.05, 0.1) is 17.2 Å². The summed E-state index contributed by atoms with van der Waals surface area (Å²) < 4.78 is 25.0. The van der Waals surface area contributed by atoms with Crippen molar-refractivity contribution in [3.63, 3.8) is 0 Å². The fraction of sp³-hybridized carbons (Fsp3) is 0.750. The normalized spacial score (nSPS) is 22.2. The molecule has 1 aromatic rings. The molecular formula is C12H21N3O2S. The van der Waals surface area contributed by atoms with Crippen LogP contribution in [0.1, 0.15) is 25.5 Å². The molecule has 1 unspecified atom stereocenters. The molecule has 0 aliphatic carbocycles. The fourth-order valence-corrected chi connectivity index (χ4v) is 4.21. The van der Waals surface area contributed by atoms with Crippen molar-refractivity contribution in [1.29, 1.82) is 0 Å². The molecular weight excluding hydrogens is 250 g/mol. The van der Waals surface area contributed by atoms with Crippen LogP contribution < -0.4 is 5.32 Å². The van der Waals surface area contributed by atoms with Crippen LogP contribution in [0.4, 0.5) is 5.95 Å². The van der Waals surface area contributed by atoms with E-state index in [1.165, 1.54) is 0 Å². The molecule has 0 amide bonds. The molecule has 0 bridgehead atoms. The molecule has 2 heterocycles. The first-order valence-corrected chi connectivity index (χ1v) is 8.30. The van der Waals surface area contributed by atoms with Gasteiger partial charge in [0, 0.05) is 19.3 Å². The van der Waals surface area contributed by atoms with E-state index < -0.39 is 9.84 Å². The van der Waals surface area contributed by atoms with E-state index in [2.05, 4.69) is 21.8 Å². The van der Waals surface area contributed by atoms with Crippen LogP contribution in [0.3, 0.4) is 0 Å². The highest BCUT2D eigenvalue weighted by molar-refractivity contribution is 7.91. The van der Waals surface area contributed by atoms with Gasteiger partial charge in [-0.15, -0.1) is 0 Å². The van der Waals surface area contributed by atoms with E-state index in [0.717, 1.165) is 37.6 Å². The minimum atomic E-state index is -2.79. The van der Waals surface area contributed by atoms with Crippen LogP contribution in [-0.2, 0) is 16.4 Å². The summed E-state index contributed by atoms with van der Waals surface area (Å²) in [5.74, 6) is 1.74. The Kier molecular flexibility index (Phi) is 3.94. The van der Waals surface area contributed by atoms with Crippen molar-refractivity contribution in [1.82, 2.24) is 9.55 Å². The zero-order valence-corrected chi connectivity index (χ0v) is 11.8. The van der Waals surface area contributed by atoms with Gasteiger partial charge < -0.3 is 9.88 Å². The molecule has 1 N–H and O–H groups in total. The molecule has 1 saturated heterocycles. The maximum absolute atomic E-state index is 11.5. The molecule has 2 rings (SSSR count). The standard InChI is InChI=1S/C12H21N3O2S/c1-3-5-13-12-14-10(2)7-15(12)8-11-4-6-18(16,17)9-11/h7,11H,3-6,8-9H2,1-2H3,(H,13,14). The molecule has 5 nitrogen and oxygen atoms in total. The topological polar surface area (TPSA) is 64.0 Å². The van der Waals surface area contributed by atoms with Crippen molar-refractivity contribution in [2.75, 3.05) is 23.4 Å². The van der Waals surface area contributed by atoms with Gasteiger partial charge >= 0.3 is 0 Å². The second-order valence-corrected chi connectivity index (χ2v) is 7.28. The zero-order valence-electron chi connectivity index (χ0n) is 11.0. The monoisotopic (exact) mass is 271 g/mol. The molecule has 0 radical (unpaired) electrons. The number of nitrogens with zero attached hydrogens (tertiary/aromatic N) is 2. The van der Waals surface area contributed by atoms with Crippen LogP contribution in [0.5, 0.6) is 0 Å². The predicted molar refractivity (Wildman–Crippen MR) is 72.5 cm³/mol. The second-order valence-electron chi connectivity index (χ2n) is 5.05. The quantitative estimate of drug-likeness (QED) is 0.880. The first-order valence-electron chi connectivity index (χ1n) is 6.48. The van der Waals surface area contributed by atoms with Crippen LogP contribution in [0.15, 0.2) is 6.20 Å². The third-order valence-electron chi connectivity index (χ3n) is 3.21. The largest absolute Gasteiger partial charge is 0.356 e. The molecule has 1 atom stereocenters. The Morgan fingerprint density at radius 2 is 2.33 bits per heavy atom. The Hall–Kier alpha value is -1.04. The Bertz CT molecular complexity index is 507. The van der Waals surface area contributed by atoms with E-state index in [1.807, 2.05) is 13.1 Å². The lowest BCUT2D eigenvalue weighted by Crippen LogP contribution is -2.15. The van der Waals surface area contributed by atoms with Gasteiger partial charge in [-0.3, -0.25) is 0 Å². The second kappa shape index (κ2) is 5.30.